The van der Waals surface area contributed by atoms with Crippen LogP contribution in [0.2, 0.25) is 0 Å². The normalized spacial score (nSPS) is 16.8. The van der Waals surface area contributed by atoms with Gasteiger partial charge in [-0.1, -0.05) is 17.7 Å². The Kier molecular flexibility index (Phi) is 6.14. The average Bonchev–Trinajstić information content (AvgIpc) is 3.16. The number of urea groups is 1. The third-order valence-corrected chi connectivity index (χ3v) is 5.99. The second-order valence-electron chi connectivity index (χ2n) is 6.94. The van der Waals surface area contributed by atoms with Crippen LogP contribution in [0.5, 0.6) is 0 Å². The van der Waals surface area contributed by atoms with Crippen molar-refractivity contribution in [3.63, 3.8) is 0 Å². The van der Waals surface area contributed by atoms with Crippen LogP contribution in [0.25, 0.3) is 0 Å². The van der Waals surface area contributed by atoms with E-state index in [1.54, 1.807) is 23.5 Å². The molecule has 148 valence electrons. The lowest BCUT2D eigenvalue weighted by Gasteiger charge is -2.21. The molecule has 0 unspecified atom stereocenters. The first-order chi connectivity index (χ1) is 13.4. The van der Waals surface area contributed by atoms with Gasteiger partial charge in [0.1, 0.15) is 6.04 Å². The van der Waals surface area contributed by atoms with Crippen molar-refractivity contribution in [2.45, 2.75) is 39.7 Å². The van der Waals surface area contributed by atoms with Crippen LogP contribution in [0.15, 0.2) is 35.7 Å². The molecule has 0 aliphatic carbocycles. The van der Waals surface area contributed by atoms with Crippen molar-refractivity contribution >= 4 is 34.9 Å². The van der Waals surface area contributed by atoms with Crippen molar-refractivity contribution < 1.29 is 14.4 Å². The zero-order valence-corrected chi connectivity index (χ0v) is 17.2. The summed E-state index contributed by atoms with van der Waals surface area (Å²) in [4.78, 5) is 42.2. The Morgan fingerprint density at radius 2 is 1.86 bits per heavy atom. The average molecular weight is 400 g/mol. The van der Waals surface area contributed by atoms with Crippen LogP contribution < -0.4 is 10.2 Å². The van der Waals surface area contributed by atoms with Gasteiger partial charge in [0.2, 0.25) is 5.91 Å². The monoisotopic (exact) mass is 399 g/mol. The molecule has 0 bridgehead atoms. The number of thiophene rings is 1. The van der Waals surface area contributed by atoms with Crippen LogP contribution in [-0.4, -0.2) is 41.9 Å². The molecule has 1 fully saturated rings. The summed E-state index contributed by atoms with van der Waals surface area (Å²) in [6.07, 6.45) is 0.639. The van der Waals surface area contributed by atoms with E-state index in [0.717, 1.165) is 5.56 Å². The molecule has 0 spiro atoms. The lowest BCUT2D eigenvalue weighted by Crippen LogP contribution is -2.40. The zero-order valence-electron chi connectivity index (χ0n) is 16.4. The molecule has 28 heavy (non-hydrogen) atoms. The summed E-state index contributed by atoms with van der Waals surface area (Å²) >= 11 is 1.64. The molecule has 6 nitrogen and oxygen atoms in total. The van der Waals surface area contributed by atoms with Crippen LogP contribution in [0.3, 0.4) is 0 Å². The molecule has 1 aromatic heterocycles. The minimum Gasteiger partial charge on any atom is -0.356 e. The van der Waals surface area contributed by atoms with Gasteiger partial charge in [0.25, 0.3) is 5.91 Å². The number of carbonyl (C=O) groups is 3. The highest BCUT2D eigenvalue weighted by Crippen LogP contribution is 2.28. The van der Waals surface area contributed by atoms with Crippen molar-refractivity contribution in [1.82, 2.24) is 10.2 Å². The van der Waals surface area contributed by atoms with Gasteiger partial charge < -0.3 is 10.2 Å². The van der Waals surface area contributed by atoms with E-state index in [2.05, 4.69) is 5.32 Å². The predicted octanol–water partition coefficient (Wildman–Crippen LogP) is 3.27. The van der Waals surface area contributed by atoms with Crippen LogP contribution in [0.4, 0.5) is 10.5 Å². The van der Waals surface area contributed by atoms with Gasteiger partial charge >= 0.3 is 6.03 Å². The molecule has 1 aliphatic rings. The Morgan fingerprint density at radius 1 is 1.14 bits per heavy atom. The van der Waals surface area contributed by atoms with Gasteiger partial charge in [-0.25, -0.2) is 9.69 Å². The first-order valence-electron chi connectivity index (χ1n) is 9.43. The molecule has 1 saturated heterocycles. The molecule has 0 radical (unpaired) electrons. The molecule has 1 aromatic carbocycles. The number of amides is 4. The first-order valence-corrected chi connectivity index (χ1v) is 10.3. The van der Waals surface area contributed by atoms with Crippen molar-refractivity contribution in [3.05, 3.63) is 51.7 Å². The van der Waals surface area contributed by atoms with Crippen LogP contribution >= 0.6 is 11.3 Å². The van der Waals surface area contributed by atoms with Crippen molar-refractivity contribution in [2.75, 3.05) is 18.0 Å². The first kappa shape index (κ1) is 20.1. The maximum Gasteiger partial charge on any atom is 0.332 e. The van der Waals surface area contributed by atoms with E-state index in [1.165, 1.54) is 20.2 Å². The minimum absolute atomic E-state index is 0.0236. The standard InChI is InChI=1S/C21H25N3O3S/c1-4-22-19(25)13-17-20(26)24(16-7-5-14(2)6-8-16)21(27)23(17)11-9-18-15(3)10-12-28-18/h5-8,10,12,17H,4,9,11,13H2,1-3H3,(H,22,25)/t17-/m0/s1. The molecule has 7 heteroatoms. The van der Waals surface area contributed by atoms with Gasteiger partial charge in [-0.15, -0.1) is 11.3 Å². The molecule has 2 aromatic rings. The van der Waals surface area contributed by atoms with Crippen molar-refractivity contribution in [1.29, 1.82) is 0 Å². The Labute approximate surface area is 169 Å². The molecule has 3 rings (SSSR count). The van der Waals surface area contributed by atoms with Crippen LogP contribution in [0, 0.1) is 13.8 Å². The van der Waals surface area contributed by atoms with E-state index < -0.39 is 6.04 Å². The zero-order chi connectivity index (χ0) is 20.3. The van der Waals surface area contributed by atoms with Gasteiger partial charge in [0.15, 0.2) is 0 Å². The number of hydrogen-bond acceptors (Lipinski definition) is 4. The fourth-order valence-electron chi connectivity index (χ4n) is 3.35. The Hall–Kier alpha value is -2.67. The maximum absolute atomic E-state index is 13.1. The predicted molar refractivity (Wildman–Crippen MR) is 111 cm³/mol. The highest BCUT2D eigenvalue weighted by atomic mass is 32.1. The summed E-state index contributed by atoms with van der Waals surface area (Å²) in [5, 5.41) is 4.74. The highest BCUT2D eigenvalue weighted by Gasteiger charge is 2.46. The third-order valence-electron chi connectivity index (χ3n) is 4.91. The van der Waals surface area contributed by atoms with Crippen molar-refractivity contribution in [3.8, 4) is 0 Å². The molecule has 1 N–H and O–H groups in total. The number of nitrogens with zero attached hydrogens (tertiary/aromatic N) is 2. The number of carbonyl (C=O) groups excluding carboxylic acids is 3. The van der Waals surface area contributed by atoms with Gasteiger partial charge in [-0.2, -0.15) is 0 Å². The largest absolute Gasteiger partial charge is 0.356 e. The molecule has 0 saturated carbocycles. The van der Waals surface area contributed by atoms with E-state index in [-0.39, 0.29) is 24.3 Å². The molecule has 2 heterocycles. The maximum atomic E-state index is 13.1. The SMILES string of the molecule is CCNC(=O)C[C@H]1C(=O)N(c2ccc(C)cc2)C(=O)N1CCc1sccc1C. The summed E-state index contributed by atoms with van der Waals surface area (Å²) in [7, 11) is 0. The molecular weight excluding hydrogens is 374 g/mol. The van der Waals surface area contributed by atoms with Crippen molar-refractivity contribution in [2.24, 2.45) is 0 Å². The summed E-state index contributed by atoms with van der Waals surface area (Å²) in [6, 6.07) is 8.17. The van der Waals surface area contributed by atoms with Gasteiger partial charge in [-0.05, 0) is 56.3 Å². The quantitative estimate of drug-likeness (QED) is 0.727. The summed E-state index contributed by atoms with van der Waals surface area (Å²) in [6.45, 7) is 6.70. The number of nitrogens with one attached hydrogen (secondary N) is 1. The number of aryl methyl sites for hydroxylation is 2. The Bertz CT molecular complexity index is 875. The number of benzene rings is 1. The molecule has 4 amide bonds. The fraction of sp³-hybridized carbons (Fsp3) is 0.381. The highest BCUT2D eigenvalue weighted by molar-refractivity contribution is 7.10. The van der Waals surface area contributed by atoms with E-state index in [4.69, 9.17) is 0 Å². The summed E-state index contributed by atoms with van der Waals surface area (Å²) in [5.41, 5.74) is 2.77. The lowest BCUT2D eigenvalue weighted by atomic mass is 10.1. The summed E-state index contributed by atoms with van der Waals surface area (Å²) in [5.74, 6) is -0.570. The van der Waals surface area contributed by atoms with E-state index >= 15 is 0 Å². The lowest BCUT2D eigenvalue weighted by molar-refractivity contribution is -0.127. The summed E-state index contributed by atoms with van der Waals surface area (Å²) < 4.78 is 0. The Morgan fingerprint density at radius 3 is 2.46 bits per heavy atom. The molecular formula is C21H25N3O3S. The number of anilines is 1. The second kappa shape index (κ2) is 8.56. The third kappa shape index (κ3) is 4.09. The van der Waals surface area contributed by atoms with Crippen LogP contribution in [-0.2, 0) is 16.0 Å². The number of hydrogen-bond donors (Lipinski definition) is 1. The minimum atomic E-state index is -0.777. The number of imide groups is 1. The smallest absolute Gasteiger partial charge is 0.332 e. The van der Waals surface area contributed by atoms with E-state index in [1.807, 2.05) is 44.4 Å². The van der Waals surface area contributed by atoms with Gasteiger partial charge in [0.05, 0.1) is 12.1 Å². The van der Waals surface area contributed by atoms with Crippen LogP contribution in [0.1, 0.15) is 29.3 Å². The Balaban J connectivity index is 1.85. The van der Waals surface area contributed by atoms with Gasteiger partial charge in [-0.3, -0.25) is 9.59 Å². The van der Waals surface area contributed by atoms with Gasteiger partial charge in [0, 0.05) is 18.0 Å². The molecule has 1 aliphatic heterocycles. The number of rotatable bonds is 7. The van der Waals surface area contributed by atoms with E-state index in [0.29, 0.717) is 25.2 Å². The fourth-order valence-corrected chi connectivity index (χ4v) is 4.25. The topological polar surface area (TPSA) is 69.7 Å². The molecule has 1 atom stereocenters. The second-order valence-corrected chi connectivity index (χ2v) is 7.94. The van der Waals surface area contributed by atoms with E-state index in [9.17, 15) is 14.4 Å².